The van der Waals surface area contributed by atoms with Crippen LogP contribution in [0.15, 0.2) is 60.7 Å². The number of rotatable bonds is 7. The lowest BCUT2D eigenvalue weighted by Gasteiger charge is -2.15. The number of carbonyl (C=O) groups excluding carboxylic acids is 1. The summed E-state index contributed by atoms with van der Waals surface area (Å²) in [4.78, 5) is 24.7. The van der Waals surface area contributed by atoms with Crippen molar-refractivity contribution in [1.29, 1.82) is 0 Å². The monoisotopic (exact) mass is 535 g/mol. The van der Waals surface area contributed by atoms with E-state index in [1.54, 1.807) is 0 Å². The van der Waals surface area contributed by atoms with E-state index >= 15 is 4.39 Å². The van der Waals surface area contributed by atoms with Crippen molar-refractivity contribution < 1.29 is 41.7 Å². The quantitative estimate of drug-likeness (QED) is 0.210. The summed E-state index contributed by atoms with van der Waals surface area (Å²) in [5, 5.41) is 9.78. The van der Waals surface area contributed by atoms with Gasteiger partial charge in [0.25, 0.3) is 0 Å². The highest BCUT2D eigenvalue weighted by atomic mass is 35.5. The largest absolute Gasteiger partial charge is 0.573 e. The number of carboxylic acids is 1. The molecule has 37 heavy (non-hydrogen) atoms. The Bertz CT molecular complexity index is 1510. The molecule has 11 heteroatoms. The van der Waals surface area contributed by atoms with Crippen LogP contribution in [0.4, 0.5) is 17.6 Å². The fourth-order valence-electron chi connectivity index (χ4n) is 3.93. The van der Waals surface area contributed by atoms with Gasteiger partial charge in [-0.25, -0.2) is 9.18 Å². The molecule has 0 saturated heterocycles. The van der Waals surface area contributed by atoms with E-state index in [4.69, 9.17) is 21.4 Å². The number of aromatic nitrogens is 1. The van der Waals surface area contributed by atoms with Crippen molar-refractivity contribution in [3.63, 3.8) is 0 Å². The molecule has 6 nitrogen and oxygen atoms in total. The van der Waals surface area contributed by atoms with Gasteiger partial charge < -0.3 is 19.1 Å². The molecule has 1 aromatic heterocycles. The van der Waals surface area contributed by atoms with Crippen molar-refractivity contribution in [2.24, 2.45) is 0 Å². The lowest BCUT2D eigenvalue weighted by atomic mass is 10.0. The number of carbonyl (C=O) groups is 2. The molecule has 0 unspecified atom stereocenters. The predicted molar refractivity (Wildman–Crippen MR) is 127 cm³/mol. The van der Waals surface area contributed by atoms with Gasteiger partial charge >= 0.3 is 12.3 Å². The molecular weight excluding hydrogens is 518 g/mol. The molecule has 0 amide bonds. The number of hydrogen-bond donors (Lipinski definition) is 1. The summed E-state index contributed by atoms with van der Waals surface area (Å²) in [6, 6.07) is 12.9. The maximum absolute atomic E-state index is 15.1. The average molecular weight is 536 g/mol. The predicted octanol–water partition coefficient (Wildman–Crippen LogP) is 6.71. The molecule has 0 fully saturated rings. The number of nitrogens with zero attached hydrogens (tertiary/aromatic N) is 1. The van der Waals surface area contributed by atoms with E-state index in [0.717, 1.165) is 18.2 Å². The number of carboxylic acid groups (broad SMARTS) is 1. The van der Waals surface area contributed by atoms with Gasteiger partial charge in [0.2, 0.25) is 0 Å². The van der Waals surface area contributed by atoms with Crippen LogP contribution < -0.4 is 9.47 Å². The standard InChI is InChI=1S/C26H18ClF4NO5/c1-13-23(24(33)15-3-5-16(27)6-4-15)19-9-7-18(37-26(29,30)31)12-21(19)32(13)22-11-17(8-10-20(22)28)36-14(2)25(34)35/h3-12,14H,1-2H3,(H,34,35)/t14-/m1/s1. The van der Waals surface area contributed by atoms with Gasteiger partial charge in [0.1, 0.15) is 17.3 Å². The Balaban J connectivity index is 1.96. The van der Waals surface area contributed by atoms with Gasteiger partial charge in [-0.1, -0.05) is 11.6 Å². The van der Waals surface area contributed by atoms with Crippen LogP contribution in [0.5, 0.6) is 11.5 Å². The second kappa shape index (κ2) is 9.78. The van der Waals surface area contributed by atoms with Crippen molar-refractivity contribution in [1.82, 2.24) is 4.57 Å². The van der Waals surface area contributed by atoms with Crippen LogP contribution >= 0.6 is 11.6 Å². The average Bonchev–Trinajstić information content (AvgIpc) is 3.10. The van der Waals surface area contributed by atoms with Crippen LogP contribution in [0.1, 0.15) is 28.5 Å². The Labute approximate surface area is 212 Å². The van der Waals surface area contributed by atoms with Crippen molar-refractivity contribution in [2.45, 2.75) is 26.3 Å². The Morgan fingerprint density at radius 1 is 1.00 bits per heavy atom. The molecule has 3 aromatic carbocycles. The van der Waals surface area contributed by atoms with Gasteiger partial charge in [0, 0.05) is 33.8 Å². The highest BCUT2D eigenvalue weighted by Crippen LogP contribution is 2.36. The van der Waals surface area contributed by atoms with Crippen molar-refractivity contribution in [3.05, 3.63) is 88.3 Å². The Morgan fingerprint density at radius 3 is 2.27 bits per heavy atom. The molecule has 0 bridgehead atoms. The van der Waals surface area contributed by atoms with E-state index in [0.29, 0.717) is 5.02 Å². The molecule has 4 rings (SSSR count). The normalized spacial score (nSPS) is 12.4. The Hall–Kier alpha value is -4.05. The number of ketones is 1. The molecule has 4 aromatic rings. The third kappa shape index (κ3) is 5.39. The first-order valence-electron chi connectivity index (χ1n) is 10.8. The zero-order valence-corrected chi connectivity index (χ0v) is 20.0. The Morgan fingerprint density at radius 2 is 1.65 bits per heavy atom. The number of halogens is 5. The zero-order chi connectivity index (χ0) is 27.1. The highest BCUT2D eigenvalue weighted by Gasteiger charge is 2.32. The maximum Gasteiger partial charge on any atom is 0.573 e. The van der Waals surface area contributed by atoms with Crippen LogP contribution in [0.25, 0.3) is 16.6 Å². The first-order chi connectivity index (χ1) is 17.4. The second-order valence-electron chi connectivity index (χ2n) is 8.07. The number of aliphatic carboxylic acids is 1. The molecule has 0 aliphatic heterocycles. The molecule has 192 valence electrons. The van der Waals surface area contributed by atoms with Gasteiger partial charge in [-0.15, -0.1) is 13.2 Å². The van der Waals surface area contributed by atoms with E-state index < -0.39 is 35.8 Å². The number of ether oxygens (including phenoxy) is 2. The molecule has 0 aliphatic carbocycles. The number of fused-ring (bicyclic) bond motifs is 1. The summed E-state index contributed by atoms with van der Waals surface area (Å²) in [7, 11) is 0. The molecule has 0 spiro atoms. The summed E-state index contributed by atoms with van der Waals surface area (Å²) in [5.74, 6) is -3.08. The van der Waals surface area contributed by atoms with Gasteiger partial charge in [0.15, 0.2) is 11.9 Å². The lowest BCUT2D eigenvalue weighted by molar-refractivity contribution is -0.274. The Kier molecular flexibility index (Phi) is 6.88. The minimum atomic E-state index is -4.98. The van der Waals surface area contributed by atoms with Gasteiger partial charge in [-0.2, -0.15) is 0 Å². The summed E-state index contributed by atoms with van der Waals surface area (Å²) in [5.41, 5.74) is 0.493. The minimum Gasteiger partial charge on any atom is -0.479 e. The van der Waals surface area contributed by atoms with E-state index in [2.05, 4.69) is 4.74 Å². The highest BCUT2D eigenvalue weighted by molar-refractivity contribution is 6.30. The number of hydrogen-bond acceptors (Lipinski definition) is 4. The first-order valence-corrected chi connectivity index (χ1v) is 11.1. The summed E-state index contributed by atoms with van der Waals surface area (Å²) >= 11 is 5.92. The summed E-state index contributed by atoms with van der Waals surface area (Å²) in [6.07, 6.45) is -6.23. The SMILES string of the molecule is Cc1c(C(=O)c2ccc(Cl)cc2)c2ccc(OC(F)(F)F)cc2n1-c1cc(O[C@H](C)C(=O)O)ccc1F. The van der Waals surface area contributed by atoms with Crippen molar-refractivity contribution >= 4 is 34.3 Å². The smallest absolute Gasteiger partial charge is 0.479 e. The van der Waals surface area contributed by atoms with E-state index in [9.17, 15) is 22.8 Å². The van der Waals surface area contributed by atoms with Gasteiger partial charge in [0.05, 0.1) is 16.8 Å². The molecule has 0 saturated carbocycles. The van der Waals surface area contributed by atoms with Crippen LogP contribution in [0.3, 0.4) is 0 Å². The van der Waals surface area contributed by atoms with E-state index in [1.165, 1.54) is 60.9 Å². The fraction of sp³-hybridized carbons (Fsp3) is 0.154. The van der Waals surface area contributed by atoms with Gasteiger partial charge in [-0.3, -0.25) is 4.79 Å². The molecular formula is C26H18ClF4NO5. The van der Waals surface area contributed by atoms with Crippen LogP contribution in [0.2, 0.25) is 5.02 Å². The van der Waals surface area contributed by atoms with Crippen molar-refractivity contribution in [2.75, 3.05) is 0 Å². The maximum atomic E-state index is 15.1. The van der Waals surface area contributed by atoms with Crippen LogP contribution in [-0.2, 0) is 4.79 Å². The van der Waals surface area contributed by atoms with Crippen molar-refractivity contribution in [3.8, 4) is 17.2 Å². The number of alkyl halides is 3. The molecule has 1 heterocycles. The van der Waals surface area contributed by atoms with Crippen LogP contribution in [-0.4, -0.2) is 33.9 Å². The molecule has 0 radical (unpaired) electrons. The third-order valence-corrected chi connectivity index (χ3v) is 5.81. The van der Waals surface area contributed by atoms with E-state index in [1.807, 2.05) is 0 Å². The van der Waals surface area contributed by atoms with Gasteiger partial charge in [-0.05, 0) is 62.4 Å². The second-order valence-corrected chi connectivity index (χ2v) is 8.51. The molecule has 1 N–H and O–H groups in total. The molecule has 0 aliphatic rings. The lowest BCUT2D eigenvalue weighted by Crippen LogP contribution is -2.23. The number of benzene rings is 3. The third-order valence-electron chi connectivity index (χ3n) is 5.56. The fourth-order valence-corrected chi connectivity index (χ4v) is 4.05. The zero-order valence-electron chi connectivity index (χ0n) is 19.3. The summed E-state index contributed by atoms with van der Waals surface area (Å²) in [6.45, 7) is 2.80. The minimum absolute atomic E-state index is 0.000763. The van der Waals surface area contributed by atoms with Crippen LogP contribution in [0, 0.1) is 12.7 Å². The topological polar surface area (TPSA) is 77.8 Å². The first kappa shape index (κ1) is 26.0. The van der Waals surface area contributed by atoms with E-state index in [-0.39, 0.29) is 39.2 Å². The summed E-state index contributed by atoms with van der Waals surface area (Å²) < 4.78 is 64.5. The molecule has 1 atom stereocenters.